The monoisotopic (exact) mass is 490 g/mol. The Hall–Kier alpha value is -3.02. The molecule has 6 heteroatoms. The summed E-state index contributed by atoms with van der Waals surface area (Å²) in [6.07, 6.45) is 7.09. The van der Waals surface area contributed by atoms with Crippen molar-refractivity contribution in [1.29, 1.82) is 0 Å². The molecule has 6 nitrogen and oxygen atoms in total. The summed E-state index contributed by atoms with van der Waals surface area (Å²) in [7, 11) is 0. The summed E-state index contributed by atoms with van der Waals surface area (Å²) in [5.74, 6) is 2.90. The number of benzene rings is 2. The minimum absolute atomic E-state index is 0.0216. The van der Waals surface area contributed by atoms with E-state index in [2.05, 4.69) is 10.6 Å². The molecule has 6 rings (SSSR count). The van der Waals surface area contributed by atoms with Gasteiger partial charge in [0.05, 0.1) is 13.2 Å². The Morgan fingerprint density at radius 2 is 1.11 bits per heavy atom. The van der Waals surface area contributed by atoms with Crippen LogP contribution in [0.5, 0.6) is 11.5 Å². The molecule has 4 aliphatic carbocycles. The van der Waals surface area contributed by atoms with Gasteiger partial charge in [-0.3, -0.25) is 9.59 Å². The van der Waals surface area contributed by atoms with Gasteiger partial charge in [-0.25, -0.2) is 0 Å². The fourth-order valence-corrected chi connectivity index (χ4v) is 7.54. The molecule has 192 valence electrons. The molecule has 2 aromatic rings. The van der Waals surface area contributed by atoms with Crippen LogP contribution in [0.4, 0.5) is 0 Å². The molecule has 0 heterocycles. The fourth-order valence-electron chi connectivity index (χ4n) is 7.54. The van der Waals surface area contributed by atoms with Crippen molar-refractivity contribution in [1.82, 2.24) is 10.6 Å². The maximum atomic E-state index is 12.9. The average Bonchev–Trinajstić information content (AvgIpc) is 2.86. The summed E-state index contributed by atoms with van der Waals surface area (Å²) in [4.78, 5) is 25.8. The molecule has 36 heavy (non-hydrogen) atoms. The quantitative estimate of drug-likeness (QED) is 0.478. The summed E-state index contributed by atoms with van der Waals surface area (Å²) in [6.45, 7) is 6.54. The van der Waals surface area contributed by atoms with E-state index in [1.807, 2.05) is 62.4 Å². The minimum atomic E-state index is -0.0216. The van der Waals surface area contributed by atoms with Gasteiger partial charge in [-0.1, -0.05) is 0 Å². The summed E-state index contributed by atoms with van der Waals surface area (Å²) < 4.78 is 11.0. The fraction of sp³-hybridized carbons (Fsp3) is 0.533. The van der Waals surface area contributed by atoms with Gasteiger partial charge in [0, 0.05) is 24.2 Å². The molecule has 4 fully saturated rings. The first-order valence-electron chi connectivity index (χ1n) is 13.4. The third-order valence-corrected chi connectivity index (χ3v) is 8.41. The highest BCUT2D eigenvalue weighted by molar-refractivity contribution is 5.94. The second kappa shape index (κ2) is 10.2. The molecule has 2 N–H and O–H groups in total. The van der Waals surface area contributed by atoms with Crippen LogP contribution in [-0.4, -0.2) is 38.1 Å². The summed E-state index contributed by atoms with van der Waals surface area (Å²) in [5.41, 5.74) is 1.60. The zero-order valence-corrected chi connectivity index (χ0v) is 21.5. The van der Waals surface area contributed by atoms with Gasteiger partial charge < -0.3 is 20.1 Å². The van der Waals surface area contributed by atoms with Crippen molar-refractivity contribution in [3.8, 4) is 11.5 Å². The highest BCUT2D eigenvalue weighted by Crippen LogP contribution is 2.64. The van der Waals surface area contributed by atoms with E-state index in [0.717, 1.165) is 17.9 Å². The van der Waals surface area contributed by atoms with E-state index < -0.39 is 0 Å². The minimum Gasteiger partial charge on any atom is -0.494 e. The summed E-state index contributed by atoms with van der Waals surface area (Å²) >= 11 is 0. The lowest BCUT2D eigenvalue weighted by Crippen LogP contribution is -2.58. The van der Waals surface area contributed by atoms with Crippen LogP contribution in [0.2, 0.25) is 0 Å². The van der Waals surface area contributed by atoms with Gasteiger partial charge in [0.25, 0.3) is 11.8 Å². The smallest absolute Gasteiger partial charge is 0.251 e. The molecule has 0 aliphatic heterocycles. The van der Waals surface area contributed by atoms with Gasteiger partial charge in [0.1, 0.15) is 11.5 Å². The third-order valence-electron chi connectivity index (χ3n) is 8.41. The van der Waals surface area contributed by atoms with E-state index in [-0.39, 0.29) is 22.6 Å². The zero-order valence-electron chi connectivity index (χ0n) is 21.5. The van der Waals surface area contributed by atoms with Crippen LogP contribution in [0.15, 0.2) is 48.5 Å². The SMILES string of the molecule is CCOc1ccc(C(=O)NCC23CC4CC(C2)CC(CNC(=O)c2ccc(OCC)cc2)(C4)C3)cc1. The van der Waals surface area contributed by atoms with Gasteiger partial charge in [0.15, 0.2) is 0 Å². The van der Waals surface area contributed by atoms with E-state index in [1.165, 1.54) is 32.1 Å². The van der Waals surface area contributed by atoms with Gasteiger partial charge in [-0.2, -0.15) is 0 Å². The molecule has 0 unspecified atom stereocenters. The molecule has 2 aromatic carbocycles. The summed E-state index contributed by atoms with van der Waals surface area (Å²) in [5, 5.41) is 6.50. The van der Waals surface area contributed by atoms with E-state index in [0.29, 0.717) is 49.3 Å². The lowest BCUT2D eigenvalue weighted by Gasteiger charge is -2.62. The standard InChI is InChI=1S/C30H38N2O4/c1-3-35-25-9-5-23(6-10-25)27(33)31-19-29-14-21-13-22(15-29)17-30(16-21,18-29)20-32-28(34)24-7-11-26(12-8-24)36-4-2/h5-12,21-22H,3-4,13-20H2,1-2H3,(H,31,33)(H,32,34). The average molecular weight is 491 g/mol. The number of nitrogens with one attached hydrogen (secondary N) is 2. The van der Waals surface area contributed by atoms with Crippen LogP contribution < -0.4 is 20.1 Å². The van der Waals surface area contributed by atoms with Crippen LogP contribution in [0.25, 0.3) is 0 Å². The van der Waals surface area contributed by atoms with E-state index in [1.54, 1.807) is 0 Å². The molecule has 0 radical (unpaired) electrons. The van der Waals surface area contributed by atoms with Crippen molar-refractivity contribution in [3.05, 3.63) is 59.7 Å². The Morgan fingerprint density at radius 1 is 0.722 bits per heavy atom. The third kappa shape index (κ3) is 5.23. The number of hydrogen-bond donors (Lipinski definition) is 2. The first-order valence-corrected chi connectivity index (χ1v) is 13.4. The predicted octanol–water partition coefficient (Wildman–Crippen LogP) is 5.23. The Morgan fingerprint density at radius 3 is 1.47 bits per heavy atom. The number of hydrogen-bond acceptors (Lipinski definition) is 4. The molecular weight excluding hydrogens is 452 g/mol. The zero-order chi connectivity index (χ0) is 25.2. The van der Waals surface area contributed by atoms with Gasteiger partial charge in [0.2, 0.25) is 0 Å². The van der Waals surface area contributed by atoms with E-state index >= 15 is 0 Å². The van der Waals surface area contributed by atoms with Gasteiger partial charge in [-0.15, -0.1) is 0 Å². The molecule has 0 saturated heterocycles. The summed E-state index contributed by atoms with van der Waals surface area (Å²) in [6, 6.07) is 14.7. The Labute approximate surface area is 214 Å². The second-order valence-corrected chi connectivity index (χ2v) is 11.2. The van der Waals surface area contributed by atoms with Crippen molar-refractivity contribution in [2.24, 2.45) is 22.7 Å². The molecule has 0 atom stereocenters. The van der Waals surface area contributed by atoms with Crippen molar-refractivity contribution in [2.45, 2.75) is 52.4 Å². The topological polar surface area (TPSA) is 76.7 Å². The number of amides is 2. The number of carbonyl (C=O) groups is 2. The normalized spacial score (nSPS) is 27.9. The molecule has 2 amide bonds. The molecule has 4 aliphatic rings. The highest BCUT2D eigenvalue weighted by atomic mass is 16.5. The van der Waals surface area contributed by atoms with Crippen molar-refractivity contribution in [2.75, 3.05) is 26.3 Å². The Balaban J connectivity index is 1.21. The van der Waals surface area contributed by atoms with Crippen molar-refractivity contribution < 1.29 is 19.1 Å². The second-order valence-electron chi connectivity index (χ2n) is 11.2. The lowest BCUT2D eigenvalue weighted by atomic mass is 9.44. The maximum Gasteiger partial charge on any atom is 0.251 e. The van der Waals surface area contributed by atoms with Crippen molar-refractivity contribution >= 4 is 11.8 Å². The van der Waals surface area contributed by atoms with Crippen LogP contribution in [0.3, 0.4) is 0 Å². The van der Waals surface area contributed by atoms with Crippen LogP contribution in [0, 0.1) is 22.7 Å². The molecule has 0 spiro atoms. The molecule has 4 bridgehead atoms. The van der Waals surface area contributed by atoms with Gasteiger partial charge in [-0.05, 0) is 124 Å². The van der Waals surface area contributed by atoms with E-state index in [9.17, 15) is 9.59 Å². The number of rotatable bonds is 10. The molecular formula is C30H38N2O4. The molecule has 4 saturated carbocycles. The van der Waals surface area contributed by atoms with Gasteiger partial charge >= 0.3 is 0 Å². The van der Waals surface area contributed by atoms with Crippen LogP contribution in [-0.2, 0) is 0 Å². The first-order chi connectivity index (χ1) is 17.4. The Bertz CT molecular complexity index is 982. The molecule has 0 aromatic heterocycles. The highest BCUT2D eigenvalue weighted by Gasteiger charge is 2.57. The number of carbonyl (C=O) groups excluding carboxylic acids is 2. The predicted molar refractivity (Wildman–Crippen MR) is 139 cm³/mol. The largest absolute Gasteiger partial charge is 0.494 e. The number of ether oxygens (including phenoxy) is 2. The Kier molecular flexibility index (Phi) is 6.96. The first kappa shape index (κ1) is 24.7. The maximum absolute atomic E-state index is 12.9. The van der Waals surface area contributed by atoms with Crippen LogP contribution >= 0.6 is 0 Å². The van der Waals surface area contributed by atoms with Crippen molar-refractivity contribution in [3.63, 3.8) is 0 Å². The van der Waals surface area contributed by atoms with E-state index in [4.69, 9.17) is 9.47 Å². The van der Waals surface area contributed by atoms with Crippen LogP contribution in [0.1, 0.15) is 73.1 Å². The lowest BCUT2D eigenvalue weighted by molar-refractivity contribution is -0.105.